The average Bonchev–Trinajstić information content (AvgIpc) is 3.60. The quantitative estimate of drug-likeness (QED) is 0.295. The number of aliphatic carboxylic acids is 1. The lowest BCUT2D eigenvalue weighted by molar-refractivity contribution is -0.274. The van der Waals surface area contributed by atoms with Crippen LogP contribution in [-0.2, 0) is 16.0 Å². The molecule has 3 aromatic rings. The molecule has 1 saturated carbocycles. The van der Waals surface area contributed by atoms with Gasteiger partial charge in [0.1, 0.15) is 23.3 Å². The molecule has 2 N–H and O–H groups in total. The van der Waals surface area contributed by atoms with E-state index in [2.05, 4.69) is 10.1 Å². The summed E-state index contributed by atoms with van der Waals surface area (Å²) in [5.74, 6) is -1.30. The molecule has 0 saturated heterocycles. The van der Waals surface area contributed by atoms with Gasteiger partial charge in [0, 0.05) is 47.4 Å². The number of rotatable bonds is 10. The van der Waals surface area contributed by atoms with Crippen LogP contribution in [0, 0.1) is 11.8 Å². The molecule has 1 unspecified atom stereocenters. The Balaban J connectivity index is 1.42. The number of ether oxygens (including phenoxy) is 3. The van der Waals surface area contributed by atoms with Gasteiger partial charge in [-0.25, -0.2) is 0 Å². The molecular formula is C29H26ClF3N2O6. The number of carboxylic acid groups (broad SMARTS) is 1. The summed E-state index contributed by atoms with van der Waals surface area (Å²) in [5.41, 5.74) is 2.11. The van der Waals surface area contributed by atoms with Gasteiger partial charge in [-0.1, -0.05) is 29.8 Å². The molecule has 1 heterocycles. The van der Waals surface area contributed by atoms with Crippen LogP contribution >= 0.6 is 11.6 Å². The number of hydrogen-bond donors (Lipinski definition) is 2. The zero-order valence-corrected chi connectivity index (χ0v) is 22.5. The second-order valence-electron chi connectivity index (χ2n) is 9.86. The minimum absolute atomic E-state index is 0.0834. The Morgan fingerprint density at radius 2 is 1.80 bits per heavy atom. The summed E-state index contributed by atoms with van der Waals surface area (Å²) in [6.07, 6.45) is -3.85. The molecule has 3 aromatic carbocycles. The first-order valence-electron chi connectivity index (χ1n) is 12.8. The van der Waals surface area contributed by atoms with Gasteiger partial charge in [-0.05, 0) is 42.2 Å². The molecule has 0 aromatic heterocycles. The first-order chi connectivity index (χ1) is 19.5. The van der Waals surface area contributed by atoms with E-state index in [-0.39, 0.29) is 19.1 Å². The van der Waals surface area contributed by atoms with Gasteiger partial charge < -0.3 is 29.5 Å². The molecule has 5 rings (SSSR count). The SMILES string of the molecule is COc1cc(NC(C(=O)N2CCc3ccc(OC(F)(F)F)cc32)c2ccc(Cl)cc2)cc(OC[C@@H]2C[C@H]2C(=O)O)c1. The van der Waals surface area contributed by atoms with Gasteiger partial charge in [-0.3, -0.25) is 9.59 Å². The third-order valence-electron chi connectivity index (χ3n) is 7.03. The number of methoxy groups -OCH3 is 1. The third kappa shape index (κ3) is 6.79. The fourth-order valence-electron chi connectivity index (χ4n) is 4.84. The Bertz CT molecular complexity index is 1450. The van der Waals surface area contributed by atoms with Crippen molar-refractivity contribution >= 4 is 34.9 Å². The standard InChI is InChI=1S/C29H26ClF3N2O6/c1-39-22-11-20(12-23(13-22)40-15-18-10-24(18)28(37)38)34-26(17-2-5-19(30)6-3-17)27(36)35-9-8-16-4-7-21(14-25(16)35)41-29(31,32)33/h2-7,11-14,18,24,26,34H,8-10,15H2,1H3,(H,37,38)/t18-,24+,26?/m0/s1. The number of fused-ring (bicyclic) bond motifs is 1. The van der Waals surface area contributed by atoms with Crippen molar-refractivity contribution in [2.45, 2.75) is 25.2 Å². The number of hydrogen-bond acceptors (Lipinski definition) is 6. The largest absolute Gasteiger partial charge is 0.573 e. The third-order valence-corrected chi connectivity index (χ3v) is 7.28. The number of carbonyl (C=O) groups is 2. The molecule has 41 heavy (non-hydrogen) atoms. The van der Waals surface area contributed by atoms with E-state index in [0.717, 1.165) is 5.56 Å². The van der Waals surface area contributed by atoms with E-state index < -0.39 is 35.9 Å². The van der Waals surface area contributed by atoms with E-state index in [9.17, 15) is 22.8 Å². The average molecular weight is 591 g/mol. The summed E-state index contributed by atoms with van der Waals surface area (Å²) in [5, 5.41) is 12.8. The molecule has 1 amide bonds. The minimum atomic E-state index is -4.87. The molecule has 2 aliphatic rings. The van der Waals surface area contributed by atoms with E-state index >= 15 is 0 Å². The fourth-order valence-corrected chi connectivity index (χ4v) is 4.97. The normalized spacial score (nSPS) is 18.3. The molecule has 3 atom stereocenters. The Morgan fingerprint density at radius 3 is 2.46 bits per heavy atom. The summed E-state index contributed by atoms with van der Waals surface area (Å²) in [7, 11) is 1.48. The van der Waals surface area contributed by atoms with Gasteiger partial charge in [0.05, 0.1) is 25.3 Å². The van der Waals surface area contributed by atoms with Crippen LogP contribution in [0.15, 0.2) is 60.7 Å². The van der Waals surface area contributed by atoms with E-state index in [4.69, 9.17) is 26.2 Å². The number of carboxylic acids is 1. The molecule has 0 radical (unpaired) electrons. The fraction of sp³-hybridized carbons (Fsp3) is 0.310. The lowest BCUT2D eigenvalue weighted by Gasteiger charge is -2.26. The van der Waals surface area contributed by atoms with Gasteiger partial charge in [-0.15, -0.1) is 13.2 Å². The van der Waals surface area contributed by atoms with Crippen molar-refractivity contribution < 1.29 is 42.1 Å². The zero-order chi connectivity index (χ0) is 29.3. The topological polar surface area (TPSA) is 97.3 Å². The molecule has 216 valence electrons. The maximum absolute atomic E-state index is 14.0. The summed E-state index contributed by atoms with van der Waals surface area (Å²) in [6.45, 7) is 0.490. The van der Waals surface area contributed by atoms with Gasteiger partial charge in [-0.2, -0.15) is 0 Å². The number of anilines is 2. The molecule has 8 nitrogen and oxygen atoms in total. The number of carbonyl (C=O) groups excluding carboxylic acids is 1. The van der Waals surface area contributed by atoms with Gasteiger partial charge in [0.2, 0.25) is 0 Å². The van der Waals surface area contributed by atoms with Crippen LogP contribution in [0.25, 0.3) is 0 Å². The van der Waals surface area contributed by atoms with Crippen molar-refractivity contribution in [3.63, 3.8) is 0 Å². The Hall–Kier alpha value is -4.12. The highest BCUT2D eigenvalue weighted by molar-refractivity contribution is 6.30. The first-order valence-corrected chi connectivity index (χ1v) is 13.2. The molecule has 1 fully saturated rings. The smallest absolute Gasteiger partial charge is 0.497 e. The maximum Gasteiger partial charge on any atom is 0.573 e. The van der Waals surface area contributed by atoms with Crippen LogP contribution in [-0.4, -0.2) is 43.6 Å². The Morgan fingerprint density at radius 1 is 1.07 bits per heavy atom. The molecule has 0 spiro atoms. The first kappa shape index (κ1) is 28.4. The number of benzene rings is 3. The van der Waals surface area contributed by atoms with E-state index in [0.29, 0.717) is 46.3 Å². The van der Waals surface area contributed by atoms with Crippen LogP contribution in [0.1, 0.15) is 23.6 Å². The van der Waals surface area contributed by atoms with Crippen LogP contribution in [0.4, 0.5) is 24.5 Å². The van der Waals surface area contributed by atoms with Crippen LogP contribution in [0.3, 0.4) is 0 Å². The van der Waals surface area contributed by atoms with E-state index in [1.807, 2.05) is 0 Å². The number of alkyl halides is 3. The van der Waals surface area contributed by atoms with Gasteiger partial charge in [0.25, 0.3) is 5.91 Å². The minimum Gasteiger partial charge on any atom is -0.497 e. The summed E-state index contributed by atoms with van der Waals surface area (Å²) in [4.78, 5) is 26.6. The summed E-state index contributed by atoms with van der Waals surface area (Å²) < 4.78 is 53.9. The second-order valence-corrected chi connectivity index (χ2v) is 10.3. The molecule has 1 aliphatic heterocycles. The number of nitrogens with one attached hydrogen (secondary N) is 1. The number of nitrogens with zero attached hydrogens (tertiary/aromatic N) is 1. The highest BCUT2D eigenvalue weighted by Crippen LogP contribution is 2.40. The zero-order valence-electron chi connectivity index (χ0n) is 21.8. The Labute approximate surface area is 238 Å². The van der Waals surface area contributed by atoms with Crippen molar-refractivity contribution in [1.82, 2.24) is 0 Å². The van der Waals surface area contributed by atoms with Crippen molar-refractivity contribution in [2.75, 3.05) is 30.5 Å². The van der Waals surface area contributed by atoms with Crippen LogP contribution < -0.4 is 24.4 Å². The lowest BCUT2D eigenvalue weighted by Crippen LogP contribution is -2.37. The highest BCUT2D eigenvalue weighted by atomic mass is 35.5. The summed E-state index contributed by atoms with van der Waals surface area (Å²) >= 11 is 6.08. The van der Waals surface area contributed by atoms with Crippen molar-refractivity contribution in [2.24, 2.45) is 11.8 Å². The van der Waals surface area contributed by atoms with Crippen molar-refractivity contribution in [3.05, 3.63) is 76.8 Å². The lowest BCUT2D eigenvalue weighted by atomic mass is 10.0. The number of halogens is 4. The van der Waals surface area contributed by atoms with Crippen molar-refractivity contribution in [1.29, 1.82) is 0 Å². The van der Waals surface area contributed by atoms with Crippen LogP contribution in [0.2, 0.25) is 5.02 Å². The Kier molecular flexibility index (Phi) is 7.90. The monoisotopic (exact) mass is 590 g/mol. The predicted octanol–water partition coefficient (Wildman–Crippen LogP) is 6.09. The molecule has 12 heteroatoms. The van der Waals surface area contributed by atoms with Gasteiger partial charge >= 0.3 is 12.3 Å². The second kappa shape index (κ2) is 11.4. The molecular weight excluding hydrogens is 565 g/mol. The molecule has 1 aliphatic carbocycles. The highest BCUT2D eigenvalue weighted by Gasteiger charge is 2.43. The predicted molar refractivity (Wildman–Crippen MR) is 145 cm³/mol. The van der Waals surface area contributed by atoms with Crippen molar-refractivity contribution in [3.8, 4) is 17.2 Å². The van der Waals surface area contributed by atoms with E-state index in [1.54, 1.807) is 42.5 Å². The summed E-state index contributed by atoms with van der Waals surface area (Å²) in [6, 6.07) is 14.7. The van der Waals surface area contributed by atoms with E-state index in [1.165, 1.54) is 30.2 Å². The number of amides is 1. The van der Waals surface area contributed by atoms with Crippen LogP contribution in [0.5, 0.6) is 17.2 Å². The van der Waals surface area contributed by atoms with Gasteiger partial charge in [0.15, 0.2) is 0 Å². The maximum atomic E-state index is 14.0. The molecule has 0 bridgehead atoms.